The van der Waals surface area contributed by atoms with E-state index < -0.39 is 0 Å². The van der Waals surface area contributed by atoms with E-state index in [-0.39, 0.29) is 11.9 Å². The third-order valence-corrected chi connectivity index (χ3v) is 3.78. The molecule has 1 amide bonds. The van der Waals surface area contributed by atoms with Crippen molar-refractivity contribution in [1.29, 1.82) is 0 Å². The smallest absolute Gasteiger partial charge is 0.220 e. The number of carbonyl (C=O) groups is 1. The summed E-state index contributed by atoms with van der Waals surface area (Å²) in [7, 11) is 0. The van der Waals surface area contributed by atoms with E-state index in [0.29, 0.717) is 12.8 Å². The zero-order valence-corrected chi connectivity index (χ0v) is 13.3. The summed E-state index contributed by atoms with van der Waals surface area (Å²) in [5.41, 5.74) is 7.18. The summed E-state index contributed by atoms with van der Waals surface area (Å²) in [4.78, 5) is 14.1. The molecule has 0 aromatic heterocycles. The van der Waals surface area contributed by atoms with Gasteiger partial charge in [0.05, 0.1) is 0 Å². The van der Waals surface area contributed by atoms with Crippen molar-refractivity contribution in [3.05, 3.63) is 35.9 Å². The van der Waals surface area contributed by atoms with Gasteiger partial charge in [0.1, 0.15) is 0 Å². The van der Waals surface area contributed by atoms with Gasteiger partial charge in [-0.15, -0.1) is 0 Å². The lowest BCUT2D eigenvalue weighted by Gasteiger charge is -2.17. The molecule has 0 saturated carbocycles. The summed E-state index contributed by atoms with van der Waals surface area (Å²) in [6, 6.07) is 9.87. The molecule has 1 rings (SSSR count). The highest BCUT2D eigenvalue weighted by molar-refractivity contribution is 5.75. The lowest BCUT2D eigenvalue weighted by molar-refractivity contribution is -0.121. The lowest BCUT2D eigenvalue weighted by atomic mass is 10.0. The number of nitrogens with zero attached hydrogens (tertiary/aromatic N) is 1. The average molecular weight is 291 g/mol. The zero-order valence-electron chi connectivity index (χ0n) is 13.3. The van der Waals surface area contributed by atoms with Crippen LogP contribution in [0.15, 0.2) is 30.3 Å². The standard InChI is InChI=1S/C17H29N3O/c1-3-20(4-2)14-8-13-19-17(21)12-11-16(18)15-9-6-5-7-10-15/h5-7,9-10,16H,3-4,8,11-14,18H2,1-2H3,(H,19,21). The molecule has 4 heteroatoms. The molecule has 0 spiro atoms. The van der Waals surface area contributed by atoms with Gasteiger partial charge in [-0.25, -0.2) is 0 Å². The number of amides is 1. The van der Waals surface area contributed by atoms with E-state index >= 15 is 0 Å². The average Bonchev–Trinajstić information content (AvgIpc) is 2.53. The van der Waals surface area contributed by atoms with Crippen LogP contribution in [-0.2, 0) is 4.79 Å². The minimum Gasteiger partial charge on any atom is -0.356 e. The minimum atomic E-state index is -0.0624. The number of rotatable bonds is 10. The number of carbonyl (C=O) groups excluding carboxylic acids is 1. The molecular formula is C17H29N3O. The Balaban J connectivity index is 2.14. The number of benzene rings is 1. The van der Waals surface area contributed by atoms with Crippen molar-refractivity contribution in [3.63, 3.8) is 0 Å². The molecule has 1 aromatic carbocycles. The molecule has 0 aliphatic rings. The van der Waals surface area contributed by atoms with E-state index in [2.05, 4.69) is 24.1 Å². The highest BCUT2D eigenvalue weighted by atomic mass is 16.1. The van der Waals surface area contributed by atoms with Crippen LogP contribution in [-0.4, -0.2) is 37.0 Å². The predicted octanol–water partition coefficient (Wildman–Crippen LogP) is 2.31. The SMILES string of the molecule is CCN(CC)CCCNC(=O)CCC(N)c1ccccc1. The van der Waals surface area contributed by atoms with Crippen LogP contribution in [0.5, 0.6) is 0 Å². The molecule has 0 fully saturated rings. The molecule has 1 aromatic rings. The fourth-order valence-corrected chi connectivity index (χ4v) is 2.31. The Bertz CT molecular complexity index is 390. The Morgan fingerprint density at radius 2 is 1.90 bits per heavy atom. The van der Waals surface area contributed by atoms with E-state index in [0.717, 1.165) is 38.2 Å². The van der Waals surface area contributed by atoms with Crippen molar-refractivity contribution in [2.24, 2.45) is 5.73 Å². The Hall–Kier alpha value is -1.39. The first-order valence-corrected chi connectivity index (χ1v) is 7.97. The van der Waals surface area contributed by atoms with Gasteiger partial charge in [0, 0.05) is 19.0 Å². The van der Waals surface area contributed by atoms with Gasteiger partial charge in [-0.1, -0.05) is 44.2 Å². The van der Waals surface area contributed by atoms with Gasteiger partial charge in [0.25, 0.3) is 0 Å². The third kappa shape index (κ3) is 7.25. The monoisotopic (exact) mass is 291 g/mol. The molecule has 0 aliphatic heterocycles. The minimum absolute atomic E-state index is 0.0624. The highest BCUT2D eigenvalue weighted by Crippen LogP contribution is 2.14. The normalized spacial score (nSPS) is 12.4. The summed E-state index contributed by atoms with van der Waals surface area (Å²) >= 11 is 0. The van der Waals surface area contributed by atoms with Crippen LogP contribution in [0.1, 0.15) is 44.7 Å². The van der Waals surface area contributed by atoms with E-state index in [9.17, 15) is 4.79 Å². The molecule has 1 unspecified atom stereocenters. The van der Waals surface area contributed by atoms with Gasteiger partial charge in [-0.2, -0.15) is 0 Å². The van der Waals surface area contributed by atoms with Crippen LogP contribution < -0.4 is 11.1 Å². The molecule has 0 heterocycles. The maximum Gasteiger partial charge on any atom is 0.220 e. The van der Waals surface area contributed by atoms with Crippen LogP contribution in [0.2, 0.25) is 0 Å². The fourth-order valence-electron chi connectivity index (χ4n) is 2.31. The van der Waals surface area contributed by atoms with Gasteiger partial charge < -0.3 is 16.0 Å². The van der Waals surface area contributed by atoms with Crippen molar-refractivity contribution in [2.75, 3.05) is 26.2 Å². The Kier molecular flexibility index (Phi) is 8.71. The summed E-state index contributed by atoms with van der Waals surface area (Å²) in [6.07, 6.45) is 2.17. The van der Waals surface area contributed by atoms with Gasteiger partial charge in [-0.05, 0) is 38.0 Å². The van der Waals surface area contributed by atoms with Crippen molar-refractivity contribution in [1.82, 2.24) is 10.2 Å². The second kappa shape index (κ2) is 10.4. The van der Waals surface area contributed by atoms with Crippen molar-refractivity contribution < 1.29 is 4.79 Å². The molecule has 3 N–H and O–H groups in total. The van der Waals surface area contributed by atoms with Crippen molar-refractivity contribution >= 4 is 5.91 Å². The first-order valence-electron chi connectivity index (χ1n) is 7.97. The Morgan fingerprint density at radius 3 is 2.52 bits per heavy atom. The maximum absolute atomic E-state index is 11.8. The fraction of sp³-hybridized carbons (Fsp3) is 0.588. The van der Waals surface area contributed by atoms with Crippen molar-refractivity contribution in [3.8, 4) is 0 Å². The van der Waals surface area contributed by atoms with Crippen LogP contribution in [0.3, 0.4) is 0 Å². The maximum atomic E-state index is 11.8. The van der Waals surface area contributed by atoms with E-state index in [4.69, 9.17) is 5.73 Å². The second-order valence-corrected chi connectivity index (χ2v) is 5.29. The molecule has 4 nitrogen and oxygen atoms in total. The zero-order chi connectivity index (χ0) is 15.5. The summed E-state index contributed by atoms with van der Waals surface area (Å²) in [5, 5.41) is 2.97. The number of nitrogens with one attached hydrogen (secondary N) is 1. The lowest BCUT2D eigenvalue weighted by Crippen LogP contribution is -2.30. The molecule has 21 heavy (non-hydrogen) atoms. The van der Waals surface area contributed by atoms with Crippen LogP contribution in [0.4, 0.5) is 0 Å². The molecule has 118 valence electrons. The summed E-state index contributed by atoms with van der Waals surface area (Å²) in [6.45, 7) is 8.24. The van der Waals surface area contributed by atoms with E-state index in [1.807, 2.05) is 30.3 Å². The second-order valence-electron chi connectivity index (χ2n) is 5.29. The quantitative estimate of drug-likeness (QED) is 0.650. The van der Waals surface area contributed by atoms with E-state index in [1.165, 1.54) is 0 Å². The molecule has 0 radical (unpaired) electrons. The van der Waals surface area contributed by atoms with Crippen LogP contribution in [0.25, 0.3) is 0 Å². The topological polar surface area (TPSA) is 58.4 Å². The van der Waals surface area contributed by atoms with Gasteiger partial charge in [0.15, 0.2) is 0 Å². The molecular weight excluding hydrogens is 262 g/mol. The Labute approximate surface area is 128 Å². The van der Waals surface area contributed by atoms with Gasteiger partial charge in [-0.3, -0.25) is 4.79 Å². The predicted molar refractivity (Wildman–Crippen MR) is 88.0 cm³/mol. The third-order valence-electron chi connectivity index (χ3n) is 3.78. The summed E-state index contributed by atoms with van der Waals surface area (Å²) in [5.74, 6) is 0.0981. The largest absolute Gasteiger partial charge is 0.356 e. The van der Waals surface area contributed by atoms with Gasteiger partial charge in [0.2, 0.25) is 5.91 Å². The molecule has 0 saturated heterocycles. The summed E-state index contributed by atoms with van der Waals surface area (Å²) < 4.78 is 0. The number of hydrogen-bond donors (Lipinski definition) is 2. The van der Waals surface area contributed by atoms with Gasteiger partial charge >= 0.3 is 0 Å². The highest BCUT2D eigenvalue weighted by Gasteiger charge is 2.08. The van der Waals surface area contributed by atoms with Crippen molar-refractivity contribution in [2.45, 2.75) is 39.2 Å². The number of nitrogens with two attached hydrogens (primary N) is 1. The number of hydrogen-bond acceptors (Lipinski definition) is 3. The molecule has 0 bridgehead atoms. The van der Waals surface area contributed by atoms with Crippen LogP contribution in [0, 0.1) is 0 Å². The first-order chi connectivity index (χ1) is 10.2. The molecule has 1 atom stereocenters. The van der Waals surface area contributed by atoms with Crippen LogP contribution >= 0.6 is 0 Å². The Morgan fingerprint density at radius 1 is 1.24 bits per heavy atom. The molecule has 0 aliphatic carbocycles. The first kappa shape index (κ1) is 17.7. The van der Waals surface area contributed by atoms with E-state index in [1.54, 1.807) is 0 Å².